The number of nitrogens with two attached hydrogens (primary N) is 1. The summed E-state index contributed by atoms with van der Waals surface area (Å²) in [4.78, 5) is 3.98. The summed E-state index contributed by atoms with van der Waals surface area (Å²) in [6.07, 6.45) is 2.88. The number of rotatable bonds is 1. The highest BCUT2D eigenvalue weighted by Gasteiger charge is 2.29. The minimum atomic E-state index is -0.452. The van der Waals surface area contributed by atoms with E-state index < -0.39 is 6.10 Å². The molecule has 1 aliphatic rings. The van der Waals surface area contributed by atoms with Crippen LogP contribution in [0.15, 0.2) is 18.5 Å². The van der Waals surface area contributed by atoms with Gasteiger partial charge in [0.2, 0.25) is 0 Å². The topological polar surface area (TPSA) is 68.4 Å². The van der Waals surface area contributed by atoms with Gasteiger partial charge < -0.3 is 15.6 Å². The highest BCUT2D eigenvalue weighted by Crippen LogP contribution is 2.28. The first kappa shape index (κ1) is 8.47. The molecule has 0 aliphatic carbocycles. The Kier molecular flexibility index (Phi) is 2.16. The molecule has 3 N–H and O–H groups in total. The number of pyridine rings is 1. The lowest BCUT2D eigenvalue weighted by atomic mass is 9.97. The minimum absolute atomic E-state index is 0.0197. The average molecular weight is 180 g/mol. The largest absolute Gasteiger partial charge is 0.398 e. The zero-order valence-corrected chi connectivity index (χ0v) is 7.18. The number of anilines is 1. The van der Waals surface area contributed by atoms with Crippen LogP contribution in [0.25, 0.3) is 0 Å². The quantitative estimate of drug-likeness (QED) is 0.645. The van der Waals surface area contributed by atoms with Crippen molar-refractivity contribution in [2.45, 2.75) is 12.0 Å². The van der Waals surface area contributed by atoms with Crippen molar-refractivity contribution in [1.82, 2.24) is 4.98 Å². The molecule has 1 aromatic rings. The second-order valence-corrected chi connectivity index (χ2v) is 3.22. The van der Waals surface area contributed by atoms with Gasteiger partial charge in [0, 0.05) is 29.6 Å². The van der Waals surface area contributed by atoms with E-state index in [0.29, 0.717) is 18.9 Å². The van der Waals surface area contributed by atoms with E-state index in [0.717, 1.165) is 5.56 Å². The normalized spacial score (nSPS) is 27.8. The van der Waals surface area contributed by atoms with Gasteiger partial charge in [0.25, 0.3) is 0 Å². The number of nitrogens with zero attached hydrogens (tertiary/aromatic N) is 1. The molecule has 4 nitrogen and oxygen atoms in total. The number of aliphatic hydroxyl groups excluding tert-OH is 1. The number of hydrogen-bond donors (Lipinski definition) is 2. The van der Waals surface area contributed by atoms with Gasteiger partial charge in [-0.2, -0.15) is 0 Å². The number of hydrogen-bond acceptors (Lipinski definition) is 4. The molecule has 2 atom stereocenters. The van der Waals surface area contributed by atoms with Gasteiger partial charge in [-0.05, 0) is 6.07 Å². The summed E-state index contributed by atoms with van der Waals surface area (Å²) >= 11 is 0. The van der Waals surface area contributed by atoms with Crippen LogP contribution in [0.2, 0.25) is 0 Å². The molecule has 1 saturated heterocycles. The van der Waals surface area contributed by atoms with Crippen LogP contribution < -0.4 is 5.73 Å². The molecule has 0 bridgehead atoms. The van der Waals surface area contributed by atoms with Crippen LogP contribution in [0.1, 0.15) is 11.5 Å². The van der Waals surface area contributed by atoms with Gasteiger partial charge >= 0.3 is 0 Å². The average Bonchev–Trinajstić information content (AvgIpc) is 2.52. The van der Waals surface area contributed by atoms with E-state index >= 15 is 0 Å². The molecular formula is C9H12N2O2. The van der Waals surface area contributed by atoms with Crippen molar-refractivity contribution >= 4 is 5.69 Å². The van der Waals surface area contributed by atoms with Crippen molar-refractivity contribution < 1.29 is 9.84 Å². The van der Waals surface area contributed by atoms with Gasteiger partial charge in [0.05, 0.1) is 19.3 Å². The molecule has 0 spiro atoms. The Labute approximate surface area is 76.4 Å². The zero-order chi connectivity index (χ0) is 9.26. The Bertz CT molecular complexity index is 303. The maximum atomic E-state index is 9.56. The molecule has 1 aromatic heterocycles. The summed E-state index contributed by atoms with van der Waals surface area (Å²) in [5.74, 6) is -0.0197. The lowest BCUT2D eigenvalue weighted by Gasteiger charge is -2.13. The van der Waals surface area contributed by atoms with Gasteiger partial charge in [-0.1, -0.05) is 0 Å². The van der Waals surface area contributed by atoms with E-state index in [2.05, 4.69) is 4.98 Å². The molecule has 0 saturated carbocycles. The molecule has 0 unspecified atom stereocenters. The van der Waals surface area contributed by atoms with Crippen LogP contribution >= 0.6 is 0 Å². The molecule has 0 radical (unpaired) electrons. The second kappa shape index (κ2) is 3.32. The van der Waals surface area contributed by atoms with Gasteiger partial charge in [-0.3, -0.25) is 4.98 Å². The van der Waals surface area contributed by atoms with Crippen molar-refractivity contribution in [2.24, 2.45) is 0 Å². The van der Waals surface area contributed by atoms with E-state index in [1.54, 1.807) is 18.5 Å². The van der Waals surface area contributed by atoms with Gasteiger partial charge in [0.15, 0.2) is 0 Å². The highest BCUT2D eigenvalue weighted by molar-refractivity contribution is 5.47. The van der Waals surface area contributed by atoms with Crippen LogP contribution in [0.3, 0.4) is 0 Å². The van der Waals surface area contributed by atoms with Crippen LogP contribution in [0.5, 0.6) is 0 Å². The molecule has 1 fully saturated rings. The Morgan fingerprint density at radius 3 is 3.00 bits per heavy atom. The number of ether oxygens (including phenoxy) is 1. The molecule has 2 rings (SSSR count). The summed E-state index contributed by atoms with van der Waals surface area (Å²) < 4.78 is 5.15. The molecule has 4 heteroatoms. The Hall–Kier alpha value is -1.13. The monoisotopic (exact) mass is 180 g/mol. The minimum Gasteiger partial charge on any atom is -0.398 e. The predicted octanol–water partition coefficient (Wildman–Crippen LogP) is 0.138. The Morgan fingerprint density at radius 1 is 1.54 bits per heavy atom. The van der Waals surface area contributed by atoms with E-state index in [1.165, 1.54) is 0 Å². The fourth-order valence-electron chi connectivity index (χ4n) is 1.57. The van der Waals surface area contributed by atoms with E-state index in [1.807, 2.05) is 0 Å². The summed E-state index contributed by atoms with van der Waals surface area (Å²) in [6.45, 7) is 0.913. The third kappa shape index (κ3) is 1.50. The maximum Gasteiger partial charge on any atom is 0.0865 e. The fourth-order valence-corrected chi connectivity index (χ4v) is 1.57. The molecule has 1 aliphatic heterocycles. The van der Waals surface area contributed by atoms with E-state index in [9.17, 15) is 5.11 Å². The van der Waals surface area contributed by atoms with Crippen LogP contribution in [-0.2, 0) is 4.74 Å². The van der Waals surface area contributed by atoms with Gasteiger partial charge in [0.1, 0.15) is 0 Å². The molecule has 0 aromatic carbocycles. The Balaban J connectivity index is 2.29. The summed E-state index contributed by atoms with van der Waals surface area (Å²) in [5.41, 5.74) is 7.31. The fraction of sp³-hybridized carbons (Fsp3) is 0.444. The molecular weight excluding hydrogens is 168 g/mol. The maximum absolute atomic E-state index is 9.56. The number of aliphatic hydroxyl groups is 1. The van der Waals surface area contributed by atoms with Crippen molar-refractivity contribution in [1.29, 1.82) is 0 Å². The lowest BCUT2D eigenvalue weighted by Crippen LogP contribution is -2.17. The van der Waals surface area contributed by atoms with Gasteiger partial charge in [-0.15, -0.1) is 0 Å². The summed E-state index contributed by atoms with van der Waals surface area (Å²) in [7, 11) is 0. The SMILES string of the molecule is Nc1ccncc1[C@@H]1COC[C@H]1O. The first-order valence-corrected chi connectivity index (χ1v) is 4.24. The zero-order valence-electron chi connectivity index (χ0n) is 7.18. The molecule has 0 amide bonds. The lowest BCUT2D eigenvalue weighted by molar-refractivity contribution is 0.124. The van der Waals surface area contributed by atoms with E-state index in [4.69, 9.17) is 10.5 Å². The molecule has 13 heavy (non-hydrogen) atoms. The van der Waals surface area contributed by atoms with Crippen LogP contribution in [0, 0.1) is 0 Å². The summed E-state index contributed by atoms with van der Waals surface area (Å²) in [6, 6.07) is 1.74. The first-order valence-electron chi connectivity index (χ1n) is 4.24. The van der Waals surface area contributed by atoms with Crippen molar-refractivity contribution in [3.8, 4) is 0 Å². The van der Waals surface area contributed by atoms with E-state index in [-0.39, 0.29) is 5.92 Å². The molecule has 2 heterocycles. The number of nitrogen functional groups attached to an aromatic ring is 1. The smallest absolute Gasteiger partial charge is 0.0865 e. The van der Waals surface area contributed by atoms with Crippen molar-refractivity contribution in [3.63, 3.8) is 0 Å². The van der Waals surface area contributed by atoms with Crippen molar-refractivity contribution in [2.75, 3.05) is 18.9 Å². The summed E-state index contributed by atoms with van der Waals surface area (Å²) in [5, 5.41) is 9.56. The predicted molar refractivity (Wildman–Crippen MR) is 48.2 cm³/mol. The highest BCUT2D eigenvalue weighted by atomic mass is 16.5. The van der Waals surface area contributed by atoms with Gasteiger partial charge in [-0.25, -0.2) is 0 Å². The standard InChI is InChI=1S/C9H12N2O2/c10-8-1-2-11-3-6(8)7-4-13-5-9(7)12/h1-3,7,9,12H,4-5H2,(H2,10,11)/t7-,9+/m0/s1. The number of aromatic nitrogens is 1. The third-order valence-corrected chi connectivity index (χ3v) is 2.34. The first-order chi connectivity index (χ1) is 6.29. The van der Waals surface area contributed by atoms with Crippen LogP contribution in [-0.4, -0.2) is 29.4 Å². The third-order valence-electron chi connectivity index (χ3n) is 2.34. The molecule has 70 valence electrons. The van der Waals surface area contributed by atoms with Crippen molar-refractivity contribution in [3.05, 3.63) is 24.0 Å². The van der Waals surface area contributed by atoms with Crippen LogP contribution in [0.4, 0.5) is 5.69 Å². The second-order valence-electron chi connectivity index (χ2n) is 3.22. The Morgan fingerprint density at radius 2 is 2.38 bits per heavy atom.